The molecule has 0 atom stereocenters. The second-order valence-electron chi connectivity index (χ2n) is 5.38. The summed E-state index contributed by atoms with van der Waals surface area (Å²) in [4.78, 5) is 28.3. The van der Waals surface area contributed by atoms with Crippen molar-refractivity contribution in [2.24, 2.45) is 4.99 Å². The van der Waals surface area contributed by atoms with E-state index in [0.717, 1.165) is 10.0 Å². The van der Waals surface area contributed by atoms with Crippen LogP contribution in [-0.2, 0) is 9.59 Å². The Balaban J connectivity index is 1.70. The van der Waals surface area contributed by atoms with Gasteiger partial charge in [-0.25, -0.2) is 0 Å². The van der Waals surface area contributed by atoms with Gasteiger partial charge >= 0.3 is 0 Å². The van der Waals surface area contributed by atoms with E-state index >= 15 is 0 Å². The minimum Gasteiger partial charge on any atom is -0.486 e. The molecule has 1 aliphatic heterocycles. The normalized spacial score (nSPS) is 14.4. The number of para-hydroxylation sites is 1. The second-order valence-corrected chi connectivity index (χ2v) is 6.17. The standard InChI is InChI=1S/C18H15BrN2O3/c1-11-7-8-14-15(16(11)19)17(18(23)21-14)20-9-12(22)10-24-13-5-3-2-4-6-13/h2-8H,9-10H2,1H3,(H,20,21,23). The Labute approximate surface area is 147 Å². The maximum Gasteiger partial charge on any atom is 0.274 e. The molecule has 0 aromatic heterocycles. The van der Waals surface area contributed by atoms with Crippen molar-refractivity contribution < 1.29 is 14.3 Å². The van der Waals surface area contributed by atoms with E-state index in [1.54, 1.807) is 12.1 Å². The van der Waals surface area contributed by atoms with Gasteiger partial charge in [0.05, 0.1) is 5.69 Å². The Morgan fingerprint density at radius 3 is 2.71 bits per heavy atom. The lowest BCUT2D eigenvalue weighted by Crippen LogP contribution is -2.19. The number of ketones is 1. The number of nitrogens with one attached hydrogen (secondary N) is 1. The van der Waals surface area contributed by atoms with Crippen molar-refractivity contribution in [1.82, 2.24) is 0 Å². The summed E-state index contributed by atoms with van der Waals surface area (Å²) in [6.45, 7) is 1.75. The molecule has 122 valence electrons. The number of aryl methyl sites for hydroxylation is 1. The van der Waals surface area contributed by atoms with E-state index in [4.69, 9.17) is 4.74 Å². The molecule has 1 N–H and O–H groups in total. The number of hydrogen-bond acceptors (Lipinski definition) is 4. The molecule has 3 rings (SSSR count). The SMILES string of the molecule is Cc1ccc2c(c1Br)C(=NCC(=O)COc1ccccc1)C(=O)N2. The number of Topliss-reactive ketones (excluding diaryl/α,β-unsaturated/α-hetero) is 1. The van der Waals surface area contributed by atoms with Crippen LogP contribution in [0.3, 0.4) is 0 Å². The molecule has 0 saturated carbocycles. The van der Waals surface area contributed by atoms with Crippen LogP contribution < -0.4 is 10.1 Å². The Hall–Kier alpha value is -2.47. The molecular weight excluding hydrogens is 372 g/mol. The van der Waals surface area contributed by atoms with Gasteiger partial charge in [0.2, 0.25) is 0 Å². The molecule has 0 fully saturated rings. The van der Waals surface area contributed by atoms with Crippen LogP contribution in [0.15, 0.2) is 51.9 Å². The third-order valence-electron chi connectivity index (χ3n) is 3.59. The number of amides is 1. The Kier molecular flexibility index (Phi) is 4.76. The summed E-state index contributed by atoms with van der Waals surface area (Å²) in [5.74, 6) is 0.130. The molecule has 1 heterocycles. The largest absolute Gasteiger partial charge is 0.486 e. The first-order valence-corrected chi connectivity index (χ1v) is 8.20. The average molecular weight is 387 g/mol. The first-order chi connectivity index (χ1) is 11.6. The van der Waals surface area contributed by atoms with Gasteiger partial charge in [-0.05, 0) is 46.6 Å². The van der Waals surface area contributed by atoms with E-state index in [0.29, 0.717) is 17.0 Å². The summed E-state index contributed by atoms with van der Waals surface area (Å²) in [7, 11) is 0. The van der Waals surface area contributed by atoms with Crippen molar-refractivity contribution >= 4 is 39.0 Å². The maximum absolute atomic E-state index is 12.1. The van der Waals surface area contributed by atoms with Crippen molar-refractivity contribution in [2.75, 3.05) is 18.5 Å². The van der Waals surface area contributed by atoms with Crippen molar-refractivity contribution in [2.45, 2.75) is 6.92 Å². The van der Waals surface area contributed by atoms with E-state index in [-0.39, 0.29) is 30.6 Å². The van der Waals surface area contributed by atoms with Crippen LogP contribution >= 0.6 is 15.9 Å². The summed E-state index contributed by atoms with van der Waals surface area (Å²) in [5, 5.41) is 2.75. The first kappa shape index (κ1) is 16.4. The molecule has 5 nitrogen and oxygen atoms in total. The van der Waals surface area contributed by atoms with Gasteiger partial charge in [0.25, 0.3) is 5.91 Å². The molecule has 2 aromatic rings. The molecule has 0 spiro atoms. The molecule has 1 aliphatic rings. The second kappa shape index (κ2) is 6.97. The highest BCUT2D eigenvalue weighted by atomic mass is 79.9. The average Bonchev–Trinajstić information content (AvgIpc) is 2.91. The van der Waals surface area contributed by atoms with E-state index in [1.165, 1.54) is 0 Å². The lowest BCUT2D eigenvalue weighted by atomic mass is 10.1. The third kappa shape index (κ3) is 3.38. The quantitative estimate of drug-likeness (QED) is 0.857. The summed E-state index contributed by atoms with van der Waals surface area (Å²) in [6.07, 6.45) is 0. The number of fused-ring (bicyclic) bond motifs is 1. The number of ether oxygens (including phenoxy) is 1. The zero-order valence-corrected chi connectivity index (χ0v) is 14.6. The lowest BCUT2D eigenvalue weighted by Gasteiger charge is -2.05. The fraction of sp³-hybridized carbons (Fsp3) is 0.167. The van der Waals surface area contributed by atoms with Crippen molar-refractivity contribution in [3.63, 3.8) is 0 Å². The van der Waals surface area contributed by atoms with Gasteiger partial charge in [-0.2, -0.15) is 0 Å². The predicted molar refractivity (Wildman–Crippen MR) is 95.9 cm³/mol. The van der Waals surface area contributed by atoms with Gasteiger partial charge in [0.1, 0.15) is 24.6 Å². The van der Waals surface area contributed by atoms with Crippen LogP contribution in [0.5, 0.6) is 5.75 Å². The molecule has 2 aromatic carbocycles. The van der Waals surface area contributed by atoms with Crippen LogP contribution in [0.4, 0.5) is 5.69 Å². The van der Waals surface area contributed by atoms with Crippen LogP contribution in [0.2, 0.25) is 0 Å². The van der Waals surface area contributed by atoms with Crippen molar-refractivity contribution in [3.8, 4) is 5.75 Å². The summed E-state index contributed by atoms with van der Waals surface area (Å²) in [6, 6.07) is 12.8. The summed E-state index contributed by atoms with van der Waals surface area (Å²) in [5.41, 5.74) is 2.67. The van der Waals surface area contributed by atoms with Crippen molar-refractivity contribution in [3.05, 3.63) is 58.1 Å². The van der Waals surface area contributed by atoms with Gasteiger partial charge in [-0.15, -0.1) is 0 Å². The zero-order chi connectivity index (χ0) is 17.1. The van der Waals surface area contributed by atoms with E-state index < -0.39 is 0 Å². The summed E-state index contributed by atoms with van der Waals surface area (Å²) >= 11 is 3.48. The Morgan fingerprint density at radius 1 is 1.21 bits per heavy atom. The smallest absolute Gasteiger partial charge is 0.274 e. The summed E-state index contributed by atoms with van der Waals surface area (Å²) < 4.78 is 6.20. The highest BCUT2D eigenvalue weighted by molar-refractivity contribution is 9.10. The third-order valence-corrected chi connectivity index (χ3v) is 4.61. The van der Waals surface area contributed by atoms with Gasteiger partial charge in [-0.3, -0.25) is 14.6 Å². The van der Waals surface area contributed by atoms with Gasteiger partial charge in [-0.1, -0.05) is 24.3 Å². The maximum atomic E-state index is 12.1. The number of hydrogen-bond donors (Lipinski definition) is 1. The van der Waals surface area contributed by atoms with E-state index in [2.05, 4.69) is 26.2 Å². The van der Waals surface area contributed by atoms with Crippen molar-refractivity contribution in [1.29, 1.82) is 0 Å². The molecule has 0 radical (unpaired) electrons. The fourth-order valence-electron chi connectivity index (χ4n) is 2.36. The number of nitrogens with zero attached hydrogens (tertiary/aromatic N) is 1. The van der Waals surface area contributed by atoms with Crippen LogP contribution in [0.1, 0.15) is 11.1 Å². The monoisotopic (exact) mass is 386 g/mol. The highest BCUT2D eigenvalue weighted by Crippen LogP contribution is 2.33. The number of rotatable bonds is 5. The number of halogens is 1. The first-order valence-electron chi connectivity index (χ1n) is 7.41. The molecule has 1 amide bonds. The number of anilines is 1. The predicted octanol–water partition coefficient (Wildman–Crippen LogP) is 3.15. The Bertz CT molecular complexity index is 832. The molecular formula is C18H15BrN2O3. The van der Waals surface area contributed by atoms with Crippen LogP contribution in [0, 0.1) is 6.92 Å². The van der Waals surface area contributed by atoms with Gasteiger partial charge in [0.15, 0.2) is 5.78 Å². The number of aliphatic imine (C=N–C) groups is 1. The minimum atomic E-state index is -0.298. The highest BCUT2D eigenvalue weighted by Gasteiger charge is 2.28. The zero-order valence-electron chi connectivity index (χ0n) is 13.0. The molecule has 0 aliphatic carbocycles. The Morgan fingerprint density at radius 2 is 1.96 bits per heavy atom. The lowest BCUT2D eigenvalue weighted by molar-refractivity contribution is -0.119. The number of benzene rings is 2. The van der Waals surface area contributed by atoms with Crippen LogP contribution in [-0.4, -0.2) is 30.6 Å². The van der Waals surface area contributed by atoms with E-state index in [1.807, 2.05) is 37.3 Å². The fourth-order valence-corrected chi connectivity index (χ4v) is 2.89. The molecule has 6 heteroatoms. The van der Waals surface area contributed by atoms with Gasteiger partial charge < -0.3 is 10.1 Å². The number of carbonyl (C=O) groups is 2. The molecule has 0 saturated heterocycles. The topological polar surface area (TPSA) is 67.8 Å². The molecule has 0 unspecified atom stereocenters. The molecule has 0 bridgehead atoms. The minimum absolute atomic E-state index is 0.0791. The molecule has 24 heavy (non-hydrogen) atoms. The number of carbonyl (C=O) groups excluding carboxylic acids is 2. The van der Waals surface area contributed by atoms with E-state index in [9.17, 15) is 9.59 Å². The van der Waals surface area contributed by atoms with Crippen LogP contribution in [0.25, 0.3) is 0 Å². The van der Waals surface area contributed by atoms with Gasteiger partial charge in [0, 0.05) is 10.0 Å².